The number of rotatable bonds is 4. The van der Waals surface area contributed by atoms with Gasteiger partial charge in [-0.05, 0) is 37.6 Å². The zero-order valence-corrected chi connectivity index (χ0v) is 17.0. The molecule has 4 aromatic rings. The molecule has 9 heteroatoms. The van der Waals surface area contributed by atoms with Crippen molar-refractivity contribution in [2.45, 2.75) is 19.9 Å². The Balaban J connectivity index is 2.04. The van der Waals surface area contributed by atoms with Crippen LogP contribution in [0.1, 0.15) is 34.6 Å². The van der Waals surface area contributed by atoms with E-state index in [1.54, 1.807) is 37.3 Å². The van der Waals surface area contributed by atoms with Crippen molar-refractivity contribution in [2.24, 2.45) is 5.73 Å². The van der Waals surface area contributed by atoms with Crippen LogP contribution < -0.4 is 17.0 Å². The van der Waals surface area contributed by atoms with Gasteiger partial charge in [-0.25, -0.2) is 4.68 Å². The number of nitrogens with zero attached hydrogens (tertiary/aromatic N) is 3. The van der Waals surface area contributed by atoms with Crippen LogP contribution in [-0.4, -0.2) is 20.8 Å². The quantitative estimate of drug-likeness (QED) is 0.484. The van der Waals surface area contributed by atoms with E-state index in [2.05, 4.69) is 10.3 Å². The molecule has 2 heterocycles. The van der Waals surface area contributed by atoms with Gasteiger partial charge < -0.3 is 16.0 Å². The summed E-state index contributed by atoms with van der Waals surface area (Å²) in [4.78, 5) is 25.3. The summed E-state index contributed by atoms with van der Waals surface area (Å²) >= 11 is 5.98. The first kappa shape index (κ1) is 19.7. The van der Waals surface area contributed by atoms with Crippen molar-refractivity contribution in [1.29, 1.82) is 0 Å². The van der Waals surface area contributed by atoms with Crippen molar-refractivity contribution in [3.63, 3.8) is 0 Å². The summed E-state index contributed by atoms with van der Waals surface area (Å²) in [5.74, 6) is -0.710. The first-order chi connectivity index (χ1) is 14.3. The van der Waals surface area contributed by atoms with Crippen LogP contribution in [0.4, 0.5) is 5.69 Å². The molecule has 0 aliphatic rings. The number of carbonyl (C=O) groups excluding carboxylic acids is 1. The number of anilines is 1. The summed E-state index contributed by atoms with van der Waals surface area (Å²) in [5.41, 5.74) is 13.5. The van der Waals surface area contributed by atoms with E-state index in [0.29, 0.717) is 16.3 Å². The van der Waals surface area contributed by atoms with Gasteiger partial charge in [-0.2, -0.15) is 5.10 Å². The predicted molar refractivity (Wildman–Crippen MR) is 114 cm³/mol. The Hall–Kier alpha value is -3.65. The average molecular weight is 424 g/mol. The molecule has 4 rings (SSSR count). The lowest BCUT2D eigenvalue weighted by Gasteiger charge is -2.17. The maximum Gasteiger partial charge on any atom is 0.280 e. The standard InChI is InChI=1S/C21H18ClN5O3/c1-10-16-19(30-26-10)18(14-4-3-5-15(23)17(14)20(24)28)25-27(21(16)29)11(2)12-6-8-13(22)9-7-12/h3-9,11H,23H2,1-2H3,(H2,24,28). The Bertz CT molecular complexity index is 1340. The van der Waals surface area contributed by atoms with Crippen LogP contribution in [0, 0.1) is 6.92 Å². The number of nitrogens with two attached hydrogens (primary N) is 2. The van der Waals surface area contributed by atoms with Crippen LogP contribution in [0.3, 0.4) is 0 Å². The van der Waals surface area contributed by atoms with E-state index in [1.807, 2.05) is 19.1 Å². The number of hydrogen-bond acceptors (Lipinski definition) is 6. The van der Waals surface area contributed by atoms with Gasteiger partial charge in [-0.15, -0.1) is 0 Å². The van der Waals surface area contributed by atoms with E-state index >= 15 is 0 Å². The van der Waals surface area contributed by atoms with E-state index in [-0.39, 0.29) is 33.5 Å². The fourth-order valence-corrected chi connectivity index (χ4v) is 3.59. The second-order valence-electron chi connectivity index (χ2n) is 6.93. The van der Waals surface area contributed by atoms with Gasteiger partial charge in [0.25, 0.3) is 11.5 Å². The zero-order chi connectivity index (χ0) is 21.6. The number of primary amides is 1. The molecule has 4 N–H and O–H groups in total. The third kappa shape index (κ3) is 3.11. The molecule has 2 aromatic carbocycles. The molecule has 0 fully saturated rings. The number of hydrogen-bond donors (Lipinski definition) is 2. The highest BCUT2D eigenvalue weighted by molar-refractivity contribution is 6.30. The molecule has 8 nitrogen and oxygen atoms in total. The number of benzene rings is 2. The molecule has 30 heavy (non-hydrogen) atoms. The molecule has 1 atom stereocenters. The van der Waals surface area contributed by atoms with Gasteiger partial charge in [-0.1, -0.05) is 41.0 Å². The highest BCUT2D eigenvalue weighted by Gasteiger charge is 2.25. The van der Waals surface area contributed by atoms with Crippen molar-refractivity contribution < 1.29 is 9.32 Å². The first-order valence-corrected chi connectivity index (χ1v) is 9.50. The van der Waals surface area contributed by atoms with E-state index in [1.165, 1.54) is 4.68 Å². The number of nitrogen functional groups attached to an aromatic ring is 1. The molecule has 1 unspecified atom stereocenters. The smallest absolute Gasteiger partial charge is 0.280 e. The number of aromatic nitrogens is 3. The Morgan fingerprint density at radius 3 is 2.57 bits per heavy atom. The first-order valence-electron chi connectivity index (χ1n) is 9.12. The van der Waals surface area contributed by atoms with E-state index in [9.17, 15) is 9.59 Å². The van der Waals surface area contributed by atoms with Gasteiger partial charge in [0.05, 0.1) is 17.3 Å². The number of amides is 1. The summed E-state index contributed by atoms with van der Waals surface area (Å²) in [7, 11) is 0. The minimum Gasteiger partial charge on any atom is -0.398 e. The topological polar surface area (TPSA) is 130 Å². The van der Waals surface area contributed by atoms with Gasteiger partial charge in [0, 0.05) is 16.3 Å². The molecule has 0 aliphatic heterocycles. The Labute approximate surface area is 176 Å². The van der Waals surface area contributed by atoms with Crippen LogP contribution in [-0.2, 0) is 0 Å². The third-order valence-corrected chi connectivity index (χ3v) is 5.28. The van der Waals surface area contributed by atoms with Gasteiger partial charge in [-0.3, -0.25) is 9.59 Å². The van der Waals surface area contributed by atoms with Gasteiger partial charge in [0.1, 0.15) is 11.1 Å². The van der Waals surface area contributed by atoms with Gasteiger partial charge in [0.2, 0.25) is 5.58 Å². The molecule has 0 aliphatic carbocycles. The van der Waals surface area contributed by atoms with Crippen LogP contribution in [0.15, 0.2) is 51.8 Å². The maximum atomic E-state index is 13.2. The van der Waals surface area contributed by atoms with Crippen molar-refractivity contribution in [3.8, 4) is 11.3 Å². The van der Waals surface area contributed by atoms with Crippen molar-refractivity contribution in [2.75, 3.05) is 5.73 Å². The number of halogens is 1. The number of fused-ring (bicyclic) bond motifs is 1. The zero-order valence-electron chi connectivity index (χ0n) is 16.2. The number of carbonyl (C=O) groups is 1. The molecular weight excluding hydrogens is 406 g/mol. The van der Waals surface area contributed by atoms with Crippen molar-refractivity contribution in [1.82, 2.24) is 14.9 Å². The van der Waals surface area contributed by atoms with Gasteiger partial charge >= 0.3 is 0 Å². The lowest BCUT2D eigenvalue weighted by Crippen LogP contribution is -2.27. The summed E-state index contributed by atoms with van der Waals surface area (Å²) < 4.78 is 6.74. The van der Waals surface area contributed by atoms with E-state index in [0.717, 1.165) is 5.56 Å². The summed E-state index contributed by atoms with van der Waals surface area (Å²) in [6, 6.07) is 11.6. The molecule has 1 amide bonds. The number of aryl methyl sites for hydroxylation is 1. The highest BCUT2D eigenvalue weighted by Crippen LogP contribution is 2.32. The van der Waals surface area contributed by atoms with Gasteiger partial charge in [0.15, 0.2) is 0 Å². The molecule has 0 radical (unpaired) electrons. The lowest BCUT2D eigenvalue weighted by atomic mass is 10.0. The molecule has 0 spiro atoms. The second kappa shape index (κ2) is 7.31. The summed E-state index contributed by atoms with van der Waals surface area (Å²) in [5, 5.41) is 9.34. The monoisotopic (exact) mass is 423 g/mol. The molecule has 0 bridgehead atoms. The van der Waals surface area contributed by atoms with Crippen molar-refractivity contribution in [3.05, 3.63) is 74.7 Å². The van der Waals surface area contributed by atoms with Crippen LogP contribution in [0.2, 0.25) is 5.02 Å². The highest BCUT2D eigenvalue weighted by atomic mass is 35.5. The normalized spacial score (nSPS) is 12.2. The van der Waals surface area contributed by atoms with Crippen LogP contribution in [0.25, 0.3) is 22.2 Å². The van der Waals surface area contributed by atoms with Crippen LogP contribution >= 0.6 is 11.6 Å². The maximum absolute atomic E-state index is 13.2. The molecule has 0 saturated carbocycles. The Morgan fingerprint density at radius 1 is 1.20 bits per heavy atom. The second-order valence-corrected chi connectivity index (χ2v) is 7.37. The fraction of sp³-hybridized carbons (Fsp3) is 0.143. The third-order valence-electron chi connectivity index (χ3n) is 5.02. The molecule has 152 valence electrons. The molecular formula is C21H18ClN5O3. The minimum absolute atomic E-state index is 0.102. The minimum atomic E-state index is -0.710. The SMILES string of the molecule is Cc1noc2c(-c3cccc(N)c3C(N)=O)nn(C(C)c3ccc(Cl)cc3)c(=O)c12. The summed E-state index contributed by atoms with van der Waals surface area (Å²) in [6.45, 7) is 3.51. The average Bonchev–Trinajstić information content (AvgIpc) is 3.10. The Morgan fingerprint density at radius 2 is 1.90 bits per heavy atom. The van der Waals surface area contributed by atoms with Crippen molar-refractivity contribution >= 4 is 34.2 Å². The molecule has 0 saturated heterocycles. The summed E-state index contributed by atoms with van der Waals surface area (Å²) in [6.07, 6.45) is 0. The fourth-order valence-electron chi connectivity index (χ4n) is 3.46. The van der Waals surface area contributed by atoms with E-state index < -0.39 is 11.9 Å². The van der Waals surface area contributed by atoms with E-state index in [4.69, 9.17) is 27.6 Å². The van der Waals surface area contributed by atoms with Crippen LogP contribution in [0.5, 0.6) is 0 Å². The lowest BCUT2D eigenvalue weighted by molar-refractivity contribution is 0.100. The largest absolute Gasteiger partial charge is 0.398 e. The molecule has 2 aromatic heterocycles. The predicted octanol–water partition coefficient (Wildman–Crippen LogP) is 3.30. The Kier molecular flexibility index (Phi) is 4.79.